The molecule has 3 N–H and O–H groups in total. The fraction of sp³-hybridized carbons (Fsp3) is 0.0667. The van der Waals surface area contributed by atoms with E-state index in [1.165, 1.54) is 23.9 Å². The van der Waals surface area contributed by atoms with E-state index in [1.54, 1.807) is 36.4 Å². The second-order valence-corrected chi connectivity index (χ2v) is 5.75. The third-order valence-electron chi connectivity index (χ3n) is 2.65. The minimum atomic E-state index is -0.581. The Morgan fingerprint density at radius 3 is 2.41 bits per heavy atom. The maximum atomic E-state index is 11.8. The van der Waals surface area contributed by atoms with E-state index >= 15 is 0 Å². The van der Waals surface area contributed by atoms with Crippen molar-refractivity contribution in [1.82, 2.24) is 10.9 Å². The van der Waals surface area contributed by atoms with Crippen LogP contribution in [0.25, 0.3) is 0 Å². The summed E-state index contributed by atoms with van der Waals surface area (Å²) in [6, 6.07) is 13.2. The van der Waals surface area contributed by atoms with Crippen molar-refractivity contribution in [2.75, 3.05) is 5.75 Å². The van der Waals surface area contributed by atoms with Crippen molar-refractivity contribution in [3.63, 3.8) is 0 Å². The molecule has 0 aliphatic heterocycles. The number of hydrogen-bond acceptors (Lipinski definition) is 4. The number of rotatable bonds is 4. The van der Waals surface area contributed by atoms with Crippen molar-refractivity contribution in [2.45, 2.75) is 4.90 Å². The third-order valence-corrected chi connectivity index (χ3v) is 3.91. The van der Waals surface area contributed by atoms with Gasteiger partial charge in [-0.1, -0.05) is 23.7 Å². The number of para-hydroxylation sites is 1. The van der Waals surface area contributed by atoms with Gasteiger partial charge in [-0.3, -0.25) is 20.4 Å². The number of hydrazine groups is 1. The summed E-state index contributed by atoms with van der Waals surface area (Å²) < 4.78 is 0. The molecule has 0 aromatic heterocycles. The molecule has 0 atom stereocenters. The van der Waals surface area contributed by atoms with Gasteiger partial charge >= 0.3 is 0 Å². The van der Waals surface area contributed by atoms with Gasteiger partial charge in [0.25, 0.3) is 5.91 Å². The Labute approximate surface area is 136 Å². The van der Waals surface area contributed by atoms with Crippen molar-refractivity contribution in [1.29, 1.82) is 0 Å². The molecule has 0 aliphatic carbocycles. The number of carbonyl (C=O) groups is 2. The average molecular weight is 337 g/mol. The summed E-state index contributed by atoms with van der Waals surface area (Å²) in [6.07, 6.45) is 0. The molecule has 0 bridgehead atoms. The van der Waals surface area contributed by atoms with Crippen LogP contribution >= 0.6 is 23.4 Å². The first-order chi connectivity index (χ1) is 10.6. The van der Waals surface area contributed by atoms with Crippen LogP contribution < -0.4 is 10.9 Å². The third kappa shape index (κ3) is 4.68. The summed E-state index contributed by atoms with van der Waals surface area (Å²) in [5, 5.41) is 10.2. The molecule has 22 heavy (non-hydrogen) atoms. The lowest BCUT2D eigenvalue weighted by Crippen LogP contribution is -2.42. The van der Waals surface area contributed by atoms with Gasteiger partial charge < -0.3 is 5.11 Å². The lowest BCUT2D eigenvalue weighted by molar-refractivity contribution is -0.119. The zero-order valence-corrected chi connectivity index (χ0v) is 12.9. The monoisotopic (exact) mass is 336 g/mol. The van der Waals surface area contributed by atoms with Gasteiger partial charge in [-0.15, -0.1) is 11.8 Å². The van der Waals surface area contributed by atoms with Gasteiger partial charge in [0, 0.05) is 9.92 Å². The molecule has 2 aromatic rings. The normalized spacial score (nSPS) is 10.0. The highest BCUT2D eigenvalue weighted by Crippen LogP contribution is 2.20. The summed E-state index contributed by atoms with van der Waals surface area (Å²) in [6.45, 7) is 0. The van der Waals surface area contributed by atoms with E-state index in [4.69, 9.17) is 11.6 Å². The van der Waals surface area contributed by atoms with Crippen molar-refractivity contribution in [2.24, 2.45) is 0 Å². The molecule has 0 saturated heterocycles. The van der Waals surface area contributed by atoms with Crippen molar-refractivity contribution in [3.8, 4) is 5.75 Å². The topological polar surface area (TPSA) is 78.4 Å². The SMILES string of the molecule is O=C(CSc1ccc(Cl)cc1)NNC(=O)c1ccccc1O. The molecular formula is C15H13ClN2O3S. The quantitative estimate of drug-likeness (QED) is 0.592. The molecule has 0 fully saturated rings. The van der Waals surface area contributed by atoms with Crippen LogP contribution in [0.3, 0.4) is 0 Å². The highest BCUT2D eigenvalue weighted by atomic mass is 35.5. The number of amides is 2. The van der Waals surface area contributed by atoms with Crippen LogP contribution in [0.2, 0.25) is 5.02 Å². The Morgan fingerprint density at radius 1 is 1.05 bits per heavy atom. The minimum absolute atomic E-state index is 0.0909. The van der Waals surface area contributed by atoms with Crippen molar-refractivity contribution in [3.05, 3.63) is 59.1 Å². The Morgan fingerprint density at radius 2 is 1.73 bits per heavy atom. The number of carbonyl (C=O) groups excluding carboxylic acids is 2. The van der Waals surface area contributed by atoms with Crippen LogP contribution in [-0.2, 0) is 4.79 Å². The first-order valence-electron chi connectivity index (χ1n) is 6.32. The molecule has 0 spiro atoms. The maximum Gasteiger partial charge on any atom is 0.273 e. The second-order valence-electron chi connectivity index (χ2n) is 4.26. The average Bonchev–Trinajstić information content (AvgIpc) is 2.52. The standard InChI is InChI=1S/C15H13ClN2O3S/c16-10-5-7-11(8-6-10)22-9-14(20)17-18-15(21)12-3-1-2-4-13(12)19/h1-8,19H,9H2,(H,17,20)(H,18,21). The molecule has 0 radical (unpaired) electrons. The fourth-order valence-electron chi connectivity index (χ4n) is 1.58. The Balaban J connectivity index is 1.79. The number of hydrogen-bond donors (Lipinski definition) is 3. The van der Waals surface area contributed by atoms with E-state index in [9.17, 15) is 14.7 Å². The minimum Gasteiger partial charge on any atom is -0.507 e. The van der Waals surface area contributed by atoms with Crippen molar-refractivity contribution < 1.29 is 14.7 Å². The molecule has 114 valence electrons. The van der Waals surface area contributed by atoms with Crippen LogP contribution in [0.4, 0.5) is 0 Å². The first kappa shape index (κ1) is 16.2. The zero-order chi connectivity index (χ0) is 15.9. The smallest absolute Gasteiger partial charge is 0.273 e. The van der Waals surface area contributed by atoms with E-state index in [0.717, 1.165) is 4.90 Å². The predicted octanol–water partition coefficient (Wildman–Crippen LogP) is 2.60. The lowest BCUT2D eigenvalue weighted by atomic mass is 10.2. The van der Waals surface area contributed by atoms with Crippen LogP contribution in [0.5, 0.6) is 5.75 Å². The summed E-state index contributed by atoms with van der Waals surface area (Å²) in [5.74, 6) is -0.945. The highest BCUT2D eigenvalue weighted by Gasteiger charge is 2.11. The largest absolute Gasteiger partial charge is 0.507 e. The Kier molecular flexibility index (Phi) is 5.68. The fourth-order valence-corrected chi connectivity index (χ4v) is 2.40. The maximum absolute atomic E-state index is 11.8. The second kappa shape index (κ2) is 7.72. The van der Waals surface area contributed by atoms with Gasteiger partial charge in [0.1, 0.15) is 5.75 Å². The summed E-state index contributed by atoms with van der Waals surface area (Å²) in [5.41, 5.74) is 4.64. The molecule has 0 saturated carbocycles. The predicted molar refractivity (Wildman–Crippen MR) is 85.9 cm³/mol. The molecule has 2 aromatic carbocycles. The van der Waals surface area contributed by atoms with Gasteiger partial charge in [0.05, 0.1) is 11.3 Å². The Bertz CT molecular complexity index is 677. The zero-order valence-electron chi connectivity index (χ0n) is 11.4. The van der Waals surface area contributed by atoms with Gasteiger partial charge in [-0.2, -0.15) is 0 Å². The van der Waals surface area contributed by atoms with E-state index in [2.05, 4.69) is 10.9 Å². The van der Waals surface area contributed by atoms with Gasteiger partial charge in [0.15, 0.2) is 0 Å². The van der Waals surface area contributed by atoms with Crippen molar-refractivity contribution >= 4 is 35.2 Å². The van der Waals surface area contributed by atoms with Gasteiger partial charge in [-0.05, 0) is 36.4 Å². The number of phenols is 1. The summed E-state index contributed by atoms with van der Waals surface area (Å²) in [4.78, 5) is 24.3. The molecule has 0 unspecified atom stereocenters. The molecule has 0 heterocycles. The van der Waals surface area contributed by atoms with Crippen LogP contribution in [-0.4, -0.2) is 22.7 Å². The number of aromatic hydroxyl groups is 1. The van der Waals surface area contributed by atoms with Gasteiger partial charge in [-0.25, -0.2) is 0 Å². The van der Waals surface area contributed by atoms with Crippen LogP contribution in [0.1, 0.15) is 10.4 Å². The number of phenolic OH excluding ortho intramolecular Hbond substituents is 1. The van der Waals surface area contributed by atoms with E-state index in [-0.39, 0.29) is 23.0 Å². The molecule has 7 heteroatoms. The van der Waals surface area contributed by atoms with Gasteiger partial charge in [0.2, 0.25) is 5.91 Å². The summed E-state index contributed by atoms with van der Waals surface area (Å²) >= 11 is 7.09. The highest BCUT2D eigenvalue weighted by molar-refractivity contribution is 8.00. The summed E-state index contributed by atoms with van der Waals surface area (Å²) in [7, 11) is 0. The molecular weight excluding hydrogens is 324 g/mol. The Hall–Kier alpha value is -2.18. The number of nitrogens with one attached hydrogen (secondary N) is 2. The molecule has 2 amide bonds. The van der Waals surface area contributed by atoms with E-state index < -0.39 is 5.91 Å². The number of benzene rings is 2. The number of thioether (sulfide) groups is 1. The van der Waals surface area contributed by atoms with E-state index in [1.807, 2.05) is 0 Å². The molecule has 5 nitrogen and oxygen atoms in total. The molecule has 2 rings (SSSR count). The lowest BCUT2D eigenvalue weighted by Gasteiger charge is -2.08. The number of halogens is 1. The van der Waals surface area contributed by atoms with E-state index in [0.29, 0.717) is 5.02 Å². The van der Waals surface area contributed by atoms with Crippen LogP contribution in [0.15, 0.2) is 53.4 Å². The van der Waals surface area contributed by atoms with Crippen LogP contribution in [0, 0.1) is 0 Å². The first-order valence-corrected chi connectivity index (χ1v) is 7.68. The molecule has 0 aliphatic rings.